The fourth-order valence-electron chi connectivity index (χ4n) is 4.22. The fourth-order valence-corrected chi connectivity index (χ4v) is 4.22. The maximum absolute atomic E-state index is 12.8. The van der Waals surface area contributed by atoms with Crippen LogP contribution in [0, 0.1) is 5.41 Å². The minimum absolute atomic E-state index is 0.0375. The molecule has 5 heterocycles. The summed E-state index contributed by atoms with van der Waals surface area (Å²) in [5.74, 6) is -0.700. The molecular weight excluding hydrogens is 423 g/mol. The Hall–Kier alpha value is -3.12. The molecule has 2 aliphatic heterocycles. The first-order valence-electron chi connectivity index (χ1n) is 9.58. The lowest BCUT2D eigenvalue weighted by atomic mass is 9.79. The maximum atomic E-state index is 12.8. The Balaban J connectivity index is 1.27. The van der Waals surface area contributed by atoms with Crippen LogP contribution in [0.25, 0.3) is 11.0 Å². The highest BCUT2D eigenvalue weighted by Gasteiger charge is 2.48. The largest absolute Gasteiger partial charge is 0.451 e. The summed E-state index contributed by atoms with van der Waals surface area (Å²) in [6.07, 6.45) is -0.818. The van der Waals surface area contributed by atoms with E-state index in [9.17, 15) is 22.0 Å². The zero-order valence-electron chi connectivity index (χ0n) is 16.1. The lowest BCUT2D eigenvalue weighted by Crippen LogP contribution is -2.58. The molecule has 13 heteroatoms. The van der Waals surface area contributed by atoms with E-state index in [1.54, 1.807) is 6.20 Å². The highest BCUT2D eigenvalue weighted by atomic mass is 19.4. The molecule has 0 saturated carbocycles. The highest BCUT2D eigenvalue weighted by Crippen LogP contribution is 2.42. The predicted octanol–water partition coefficient (Wildman–Crippen LogP) is 2.62. The van der Waals surface area contributed by atoms with Gasteiger partial charge in [-0.25, -0.2) is 28.4 Å². The summed E-state index contributed by atoms with van der Waals surface area (Å²) in [6.45, 7) is 2.15. The molecule has 0 amide bonds. The second kappa shape index (κ2) is 6.95. The lowest BCUT2D eigenvalue weighted by Gasteiger charge is -2.49. The molecule has 0 radical (unpaired) electrons. The molecule has 1 spiro atoms. The quantitative estimate of drug-likeness (QED) is 0.578. The third-order valence-electron chi connectivity index (χ3n) is 5.71. The van der Waals surface area contributed by atoms with E-state index < -0.39 is 25.0 Å². The number of halogens is 5. The number of aromatic nitrogens is 6. The summed E-state index contributed by atoms with van der Waals surface area (Å²) >= 11 is 0. The first-order chi connectivity index (χ1) is 14.7. The minimum atomic E-state index is -4.56. The van der Waals surface area contributed by atoms with Gasteiger partial charge in [-0.05, 0) is 6.42 Å². The van der Waals surface area contributed by atoms with Gasteiger partial charge in [0, 0.05) is 37.8 Å². The zero-order chi connectivity index (χ0) is 21.8. The number of rotatable bonds is 4. The Kier molecular flexibility index (Phi) is 4.45. The average Bonchev–Trinajstić information content (AvgIpc) is 3.31. The number of alkyl halides is 5. The van der Waals surface area contributed by atoms with Crippen molar-refractivity contribution < 1.29 is 22.0 Å². The molecule has 8 nitrogen and oxygen atoms in total. The SMILES string of the molecule is FC(F)Cn1ncc2cnc(N3CCC4(CN(c5cnc(C(F)(F)F)nc5)C4)C3)nc21. The second-order valence-electron chi connectivity index (χ2n) is 7.96. The van der Waals surface area contributed by atoms with Crippen molar-refractivity contribution in [3.8, 4) is 0 Å². The van der Waals surface area contributed by atoms with Crippen LogP contribution < -0.4 is 9.80 Å². The number of fused-ring (bicyclic) bond motifs is 1. The van der Waals surface area contributed by atoms with Crippen LogP contribution in [0.15, 0.2) is 24.8 Å². The zero-order valence-corrected chi connectivity index (χ0v) is 16.1. The van der Waals surface area contributed by atoms with Gasteiger partial charge in [-0.1, -0.05) is 0 Å². The van der Waals surface area contributed by atoms with Crippen LogP contribution in [0.1, 0.15) is 12.2 Å². The van der Waals surface area contributed by atoms with Gasteiger partial charge >= 0.3 is 6.18 Å². The van der Waals surface area contributed by atoms with Crippen molar-refractivity contribution in [3.05, 3.63) is 30.6 Å². The van der Waals surface area contributed by atoms with E-state index in [1.807, 2.05) is 9.80 Å². The normalized spacial score (nSPS) is 18.4. The molecule has 0 unspecified atom stereocenters. The number of nitrogens with zero attached hydrogens (tertiary/aromatic N) is 8. The van der Waals surface area contributed by atoms with Crippen LogP contribution >= 0.6 is 0 Å². The summed E-state index contributed by atoms with van der Waals surface area (Å²) in [6, 6.07) is 0. The number of hydrogen-bond donors (Lipinski definition) is 0. The summed E-state index contributed by atoms with van der Waals surface area (Å²) in [7, 11) is 0. The highest BCUT2D eigenvalue weighted by molar-refractivity contribution is 5.74. The van der Waals surface area contributed by atoms with Crippen LogP contribution in [0.4, 0.5) is 33.6 Å². The topological polar surface area (TPSA) is 75.9 Å². The van der Waals surface area contributed by atoms with Crippen LogP contribution in [-0.2, 0) is 12.7 Å². The molecule has 164 valence electrons. The molecule has 5 rings (SSSR count). The van der Waals surface area contributed by atoms with Gasteiger partial charge in [-0.2, -0.15) is 23.3 Å². The van der Waals surface area contributed by atoms with Crippen molar-refractivity contribution >= 4 is 22.7 Å². The van der Waals surface area contributed by atoms with Gasteiger partial charge in [0.05, 0.1) is 29.7 Å². The van der Waals surface area contributed by atoms with Crippen molar-refractivity contribution in [2.45, 2.75) is 25.6 Å². The van der Waals surface area contributed by atoms with Crippen molar-refractivity contribution in [1.82, 2.24) is 29.7 Å². The number of anilines is 2. The first kappa shape index (κ1) is 19.8. The van der Waals surface area contributed by atoms with E-state index in [4.69, 9.17) is 0 Å². The maximum Gasteiger partial charge on any atom is 0.451 e. The van der Waals surface area contributed by atoms with Gasteiger partial charge in [-0.3, -0.25) is 0 Å². The summed E-state index contributed by atoms with van der Waals surface area (Å²) in [5.41, 5.74) is 0.874. The van der Waals surface area contributed by atoms with Gasteiger partial charge < -0.3 is 9.80 Å². The fraction of sp³-hybridized carbons (Fsp3) is 0.500. The van der Waals surface area contributed by atoms with Crippen LogP contribution in [0.5, 0.6) is 0 Å². The third-order valence-corrected chi connectivity index (χ3v) is 5.71. The Bertz CT molecular complexity index is 1090. The summed E-state index contributed by atoms with van der Waals surface area (Å²) < 4.78 is 64.6. The Morgan fingerprint density at radius 1 is 0.968 bits per heavy atom. The van der Waals surface area contributed by atoms with Gasteiger partial charge in [0.2, 0.25) is 11.8 Å². The Morgan fingerprint density at radius 3 is 2.35 bits per heavy atom. The standard InChI is InChI=1S/C18H17F5N8/c19-13(20)7-31-14-11(4-27-31)3-26-16(28-14)29-2-1-17(8-29)9-30(10-17)12-5-24-15(25-6-12)18(21,22)23/h3-6,13H,1-2,7-10H2. The van der Waals surface area contributed by atoms with Gasteiger partial charge in [0.25, 0.3) is 6.43 Å². The molecule has 3 aromatic heterocycles. The second-order valence-corrected chi connectivity index (χ2v) is 7.96. The lowest BCUT2D eigenvalue weighted by molar-refractivity contribution is -0.145. The van der Waals surface area contributed by atoms with Gasteiger partial charge in [0.1, 0.15) is 6.54 Å². The summed E-state index contributed by atoms with van der Waals surface area (Å²) in [4.78, 5) is 19.6. The van der Waals surface area contributed by atoms with Crippen molar-refractivity contribution in [2.24, 2.45) is 5.41 Å². The molecule has 2 saturated heterocycles. The summed E-state index contributed by atoms with van der Waals surface area (Å²) in [5, 5.41) is 4.54. The van der Waals surface area contributed by atoms with Gasteiger partial charge in [0.15, 0.2) is 5.65 Å². The molecule has 2 fully saturated rings. The van der Waals surface area contributed by atoms with E-state index in [0.29, 0.717) is 48.8 Å². The van der Waals surface area contributed by atoms with Crippen LogP contribution in [0.2, 0.25) is 0 Å². The smallest absolute Gasteiger partial charge is 0.368 e. The van der Waals surface area contributed by atoms with Crippen molar-refractivity contribution in [1.29, 1.82) is 0 Å². The van der Waals surface area contributed by atoms with E-state index in [1.165, 1.54) is 23.3 Å². The predicted molar refractivity (Wildman–Crippen MR) is 99.8 cm³/mol. The van der Waals surface area contributed by atoms with E-state index in [0.717, 1.165) is 6.42 Å². The first-order valence-corrected chi connectivity index (χ1v) is 9.58. The molecule has 0 aromatic carbocycles. The molecule has 31 heavy (non-hydrogen) atoms. The minimum Gasteiger partial charge on any atom is -0.368 e. The van der Waals surface area contributed by atoms with E-state index in [-0.39, 0.29) is 5.41 Å². The Morgan fingerprint density at radius 2 is 1.68 bits per heavy atom. The van der Waals surface area contributed by atoms with Crippen LogP contribution in [-0.4, -0.2) is 62.3 Å². The molecule has 0 atom stereocenters. The Labute approximate surface area is 172 Å². The van der Waals surface area contributed by atoms with Gasteiger partial charge in [-0.15, -0.1) is 0 Å². The monoisotopic (exact) mass is 440 g/mol. The van der Waals surface area contributed by atoms with Crippen molar-refractivity contribution in [3.63, 3.8) is 0 Å². The van der Waals surface area contributed by atoms with Crippen LogP contribution in [0.3, 0.4) is 0 Å². The molecule has 2 aliphatic rings. The average molecular weight is 440 g/mol. The molecular formula is C18H17F5N8. The molecule has 0 bridgehead atoms. The third kappa shape index (κ3) is 3.61. The molecule has 3 aromatic rings. The van der Waals surface area contributed by atoms with E-state index in [2.05, 4.69) is 25.0 Å². The number of hydrogen-bond acceptors (Lipinski definition) is 7. The van der Waals surface area contributed by atoms with E-state index >= 15 is 0 Å². The molecule has 0 aliphatic carbocycles. The molecule has 0 N–H and O–H groups in total. The van der Waals surface area contributed by atoms with Crippen molar-refractivity contribution in [2.75, 3.05) is 36.0 Å².